The molecule has 224 valence electrons. The molecule has 2 aromatic carbocycles. The Morgan fingerprint density at radius 3 is 2.26 bits per heavy atom. The summed E-state index contributed by atoms with van der Waals surface area (Å²) in [6.07, 6.45) is -15.3. The van der Waals surface area contributed by atoms with Crippen LogP contribution in [0.5, 0.6) is 5.75 Å². The molecule has 6 rings (SSSR count). The van der Waals surface area contributed by atoms with Crippen molar-refractivity contribution in [2.75, 3.05) is 6.61 Å². The van der Waals surface area contributed by atoms with Gasteiger partial charge in [-0.3, -0.25) is 4.79 Å². The summed E-state index contributed by atoms with van der Waals surface area (Å²) >= 11 is 0. The van der Waals surface area contributed by atoms with Gasteiger partial charge in [0.15, 0.2) is 34.7 Å². The van der Waals surface area contributed by atoms with Gasteiger partial charge in [0.2, 0.25) is 11.7 Å². The first-order chi connectivity index (χ1) is 20.1. The molecule has 0 bridgehead atoms. The van der Waals surface area contributed by atoms with E-state index < -0.39 is 79.1 Å². The molecule has 10 atom stereocenters. The fourth-order valence-corrected chi connectivity index (χ4v) is 5.25. The van der Waals surface area contributed by atoms with E-state index in [2.05, 4.69) is 0 Å². The van der Waals surface area contributed by atoms with Crippen LogP contribution in [-0.2, 0) is 14.2 Å². The molecular weight excluding hydrogens is 560 g/mol. The van der Waals surface area contributed by atoms with Gasteiger partial charge in [-0.15, -0.1) is 0 Å². The Hall–Kier alpha value is -3.44. The topological polar surface area (TPSA) is 219 Å². The fraction of sp³-hybridized carbons (Fsp3) is 0.429. The Morgan fingerprint density at radius 2 is 1.50 bits per heavy atom. The third-order valence-electron chi connectivity index (χ3n) is 7.59. The minimum absolute atomic E-state index is 0.0351. The summed E-state index contributed by atoms with van der Waals surface area (Å²) in [4.78, 5) is 26.1. The lowest BCUT2D eigenvalue weighted by Crippen LogP contribution is -2.64. The first-order valence-corrected chi connectivity index (χ1v) is 13.2. The molecule has 0 amide bonds. The average molecular weight is 589 g/mol. The largest absolute Gasteiger partial charge is 0.458 e. The van der Waals surface area contributed by atoms with Crippen molar-refractivity contribution in [2.45, 2.75) is 68.3 Å². The number of benzene rings is 2. The molecule has 2 saturated heterocycles. The Kier molecular flexibility index (Phi) is 7.51. The van der Waals surface area contributed by atoms with E-state index in [0.29, 0.717) is 5.39 Å². The minimum atomic E-state index is -1.76. The second kappa shape index (κ2) is 11.0. The van der Waals surface area contributed by atoms with E-state index >= 15 is 0 Å². The van der Waals surface area contributed by atoms with Crippen LogP contribution in [0.15, 0.2) is 60.9 Å². The highest BCUT2D eigenvalue weighted by Gasteiger charge is 2.51. The van der Waals surface area contributed by atoms with E-state index in [1.165, 1.54) is 25.1 Å². The number of para-hydroxylation sites is 2. The van der Waals surface area contributed by atoms with Gasteiger partial charge in [0.05, 0.1) is 23.5 Å². The molecule has 42 heavy (non-hydrogen) atoms. The summed E-state index contributed by atoms with van der Waals surface area (Å²) < 4.78 is 34.3. The first kappa shape index (κ1) is 28.7. The molecule has 0 unspecified atom stereocenters. The van der Waals surface area contributed by atoms with Crippen LogP contribution in [0.3, 0.4) is 0 Å². The SMILES string of the molecule is C[C@@H]1O[C@@H](O[C@H]2[C@H](Oc3cccc4c(=O)c5c(=O)oc6ccccc6c5oc34)O[C@H](CO)[C@@H](O)[C@@H]2O)[C@H](O)[C@H](O)[C@H]1O. The quantitative estimate of drug-likeness (QED) is 0.0944. The van der Waals surface area contributed by atoms with Crippen molar-refractivity contribution >= 4 is 32.9 Å². The molecule has 0 radical (unpaired) electrons. The van der Waals surface area contributed by atoms with Gasteiger partial charge in [-0.05, 0) is 31.2 Å². The standard InChI is InChI=1S/C28H28O14/c1-10-17(30)20(33)22(35)27(37-10)42-25-21(34)19(32)15(9-29)40-28(25)39-14-8-4-6-12-18(31)16-24(41-23(12)14)11-5-2-3-7-13(11)38-26(16)36/h2-8,10,15,17,19-22,25,27-30,32-35H,9H2,1H3/t10-,15+,17-,19+,20+,21-,22+,25+,27-,28+/m0/s1. The van der Waals surface area contributed by atoms with Gasteiger partial charge >= 0.3 is 5.63 Å². The Labute approximate surface area is 235 Å². The van der Waals surface area contributed by atoms with Gasteiger partial charge in [0, 0.05) is 0 Å². The van der Waals surface area contributed by atoms with Crippen molar-refractivity contribution in [3.63, 3.8) is 0 Å². The van der Waals surface area contributed by atoms with Crippen molar-refractivity contribution in [3.8, 4) is 5.75 Å². The predicted octanol–water partition coefficient (Wildman–Crippen LogP) is -0.917. The van der Waals surface area contributed by atoms with Crippen LogP contribution >= 0.6 is 0 Å². The zero-order chi connectivity index (χ0) is 29.9. The second-order valence-corrected chi connectivity index (χ2v) is 10.3. The van der Waals surface area contributed by atoms with E-state index in [4.69, 9.17) is 27.8 Å². The maximum Gasteiger partial charge on any atom is 0.351 e. The molecule has 2 fully saturated rings. The molecule has 14 heteroatoms. The molecule has 2 aliphatic heterocycles. The highest BCUT2D eigenvalue weighted by atomic mass is 16.8. The number of aliphatic hydroxyl groups excluding tert-OH is 6. The summed E-state index contributed by atoms with van der Waals surface area (Å²) in [6, 6.07) is 10.8. The van der Waals surface area contributed by atoms with Gasteiger partial charge in [-0.1, -0.05) is 18.2 Å². The van der Waals surface area contributed by atoms with Crippen molar-refractivity contribution in [1.29, 1.82) is 0 Å². The summed E-state index contributed by atoms with van der Waals surface area (Å²) in [5.41, 5.74) is -1.51. The monoisotopic (exact) mass is 588 g/mol. The third kappa shape index (κ3) is 4.66. The van der Waals surface area contributed by atoms with Crippen LogP contribution in [0.1, 0.15) is 6.92 Å². The lowest BCUT2D eigenvalue weighted by atomic mass is 9.97. The van der Waals surface area contributed by atoms with Crippen LogP contribution in [0.25, 0.3) is 32.9 Å². The summed E-state index contributed by atoms with van der Waals surface area (Å²) in [5.74, 6) is -0.0864. The van der Waals surface area contributed by atoms with Crippen LogP contribution in [0, 0.1) is 0 Å². The van der Waals surface area contributed by atoms with Gasteiger partial charge in [0.25, 0.3) is 0 Å². The number of rotatable bonds is 5. The zero-order valence-electron chi connectivity index (χ0n) is 22.0. The molecule has 4 aromatic rings. The van der Waals surface area contributed by atoms with Crippen LogP contribution in [-0.4, -0.2) is 98.7 Å². The van der Waals surface area contributed by atoms with Crippen molar-refractivity contribution in [3.05, 3.63) is 63.1 Å². The predicted molar refractivity (Wildman–Crippen MR) is 142 cm³/mol. The van der Waals surface area contributed by atoms with Gasteiger partial charge in [-0.2, -0.15) is 0 Å². The zero-order valence-corrected chi connectivity index (χ0v) is 22.0. The molecule has 2 aliphatic rings. The van der Waals surface area contributed by atoms with Crippen LogP contribution in [0.2, 0.25) is 0 Å². The number of hydrogen-bond acceptors (Lipinski definition) is 14. The number of aliphatic hydroxyl groups is 6. The molecular formula is C28H28O14. The smallest absolute Gasteiger partial charge is 0.351 e. The van der Waals surface area contributed by atoms with E-state index in [-0.39, 0.29) is 33.3 Å². The lowest BCUT2D eigenvalue weighted by molar-refractivity contribution is -0.354. The Morgan fingerprint density at radius 1 is 0.762 bits per heavy atom. The maximum atomic E-state index is 13.4. The van der Waals surface area contributed by atoms with E-state index in [0.717, 1.165) is 0 Å². The second-order valence-electron chi connectivity index (χ2n) is 10.3. The lowest BCUT2D eigenvalue weighted by Gasteiger charge is -2.45. The highest BCUT2D eigenvalue weighted by Crippen LogP contribution is 2.34. The van der Waals surface area contributed by atoms with E-state index in [1.807, 2.05) is 0 Å². The molecule has 4 heterocycles. The van der Waals surface area contributed by atoms with Crippen molar-refractivity contribution in [2.24, 2.45) is 0 Å². The molecule has 0 aliphatic carbocycles. The first-order valence-electron chi connectivity index (χ1n) is 13.2. The maximum absolute atomic E-state index is 13.4. The van der Waals surface area contributed by atoms with E-state index in [1.54, 1.807) is 24.3 Å². The molecule has 0 spiro atoms. The van der Waals surface area contributed by atoms with Crippen LogP contribution in [0.4, 0.5) is 0 Å². The highest BCUT2D eigenvalue weighted by molar-refractivity contribution is 6.04. The van der Waals surface area contributed by atoms with Gasteiger partial charge in [-0.25, -0.2) is 4.79 Å². The minimum Gasteiger partial charge on any atom is -0.458 e. The third-order valence-corrected chi connectivity index (χ3v) is 7.59. The summed E-state index contributed by atoms with van der Waals surface area (Å²) in [6.45, 7) is 0.716. The van der Waals surface area contributed by atoms with Crippen molar-refractivity contribution < 1.29 is 58.4 Å². The average Bonchev–Trinajstić information content (AvgIpc) is 2.98. The molecule has 14 nitrogen and oxygen atoms in total. The summed E-state index contributed by atoms with van der Waals surface area (Å²) in [7, 11) is 0. The summed E-state index contributed by atoms with van der Waals surface area (Å²) in [5, 5.41) is 61.9. The fourth-order valence-electron chi connectivity index (χ4n) is 5.25. The Bertz CT molecular complexity index is 1730. The normalized spacial score (nSPS) is 33.8. The van der Waals surface area contributed by atoms with Gasteiger partial charge < -0.3 is 58.4 Å². The van der Waals surface area contributed by atoms with E-state index in [9.17, 15) is 40.2 Å². The number of hydrogen-bond donors (Lipinski definition) is 6. The molecule has 0 saturated carbocycles. The molecule has 2 aromatic heterocycles. The van der Waals surface area contributed by atoms with Crippen LogP contribution < -0.4 is 15.8 Å². The molecule has 6 N–H and O–H groups in total. The van der Waals surface area contributed by atoms with Crippen molar-refractivity contribution in [1.82, 2.24) is 0 Å². The van der Waals surface area contributed by atoms with Gasteiger partial charge in [0.1, 0.15) is 42.2 Å². The number of fused-ring (bicyclic) bond motifs is 4. The number of ether oxygens (including phenoxy) is 4. The Balaban J connectivity index is 1.43.